The van der Waals surface area contributed by atoms with E-state index < -0.39 is 9.84 Å². The largest absolute Gasteiger partial charge is 0.496 e. The van der Waals surface area contributed by atoms with Gasteiger partial charge < -0.3 is 10.1 Å². The third-order valence-corrected chi connectivity index (χ3v) is 5.43. The maximum absolute atomic E-state index is 11.9. The van der Waals surface area contributed by atoms with Gasteiger partial charge in [-0.3, -0.25) is 0 Å². The van der Waals surface area contributed by atoms with Crippen LogP contribution in [0.2, 0.25) is 0 Å². The molecule has 0 fully saturated rings. The van der Waals surface area contributed by atoms with Crippen molar-refractivity contribution in [2.45, 2.75) is 26.2 Å². The summed E-state index contributed by atoms with van der Waals surface area (Å²) < 4.78 is 29.1. The van der Waals surface area contributed by atoms with E-state index >= 15 is 0 Å². The molecule has 0 aliphatic carbocycles. The van der Waals surface area contributed by atoms with Crippen molar-refractivity contribution in [3.63, 3.8) is 0 Å². The van der Waals surface area contributed by atoms with Gasteiger partial charge >= 0.3 is 0 Å². The summed E-state index contributed by atoms with van der Waals surface area (Å²) in [5.74, 6) is 1.71. The fourth-order valence-corrected chi connectivity index (χ4v) is 4.03. The van der Waals surface area contributed by atoms with E-state index in [9.17, 15) is 8.42 Å². The van der Waals surface area contributed by atoms with E-state index in [2.05, 4.69) is 5.32 Å². The Bertz CT molecular complexity index is 514. The predicted octanol–water partition coefficient (Wildman–Crippen LogP) is 2.29. The van der Waals surface area contributed by atoms with Gasteiger partial charge in [0.15, 0.2) is 0 Å². The first-order valence-corrected chi connectivity index (χ1v) is 9.31. The predicted molar refractivity (Wildman–Crippen MR) is 87.7 cm³/mol. The highest BCUT2D eigenvalue weighted by Crippen LogP contribution is 2.22. The van der Waals surface area contributed by atoms with Crippen molar-refractivity contribution in [3.05, 3.63) is 29.8 Å². The van der Waals surface area contributed by atoms with E-state index in [1.807, 2.05) is 38.2 Å². The number of benzene rings is 1. The molecule has 21 heavy (non-hydrogen) atoms. The van der Waals surface area contributed by atoms with Crippen LogP contribution < -0.4 is 10.1 Å². The third-order valence-electron chi connectivity index (χ3n) is 3.55. The van der Waals surface area contributed by atoms with E-state index in [1.54, 1.807) is 7.11 Å². The lowest BCUT2D eigenvalue weighted by atomic mass is 9.96. The quantitative estimate of drug-likeness (QED) is 0.720. The highest BCUT2D eigenvalue weighted by atomic mass is 32.2. The molecule has 0 amide bonds. The SMILES string of the molecule is CCCS(=O)(=O)CCC(CNC)Cc1ccccc1OC. The standard InChI is InChI=1S/C16H27NO3S/c1-4-10-21(18,19)11-9-14(13-17-2)12-15-7-5-6-8-16(15)20-3/h5-8,14,17H,4,9-13H2,1-3H3. The smallest absolute Gasteiger partial charge is 0.150 e. The maximum atomic E-state index is 11.9. The number of para-hydroxylation sites is 1. The normalized spacial score (nSPS) is 13.1. The van der Waals surface area contributed by atoms with E-state index in [-0.39, 0.29) is 17.4 Å². The Morgan fingerprint density at radius 3 is 2.57 bits per heavy atom. The average Bonchev–Trinajstić information content (AvgIpc) is 2.45. The molecule has 1 unspecified atom stereocenters. The molecule has 0 aliphatic heterocycles. The number of rotatable bonds is 10. The molecule has 1 N–H and O–H groups in total. The second-order valence-corrected chi connectivity index (χ2v) is 7.68. The molecule has 120 valence electrons. The Labute approximate surface area is 128 Å². The van der Waals surface area contributed by atoms with E-state index in [1.165, 1.54) is 0 Å². The Kier molecular flexibility index (Phi) is 7.75. The van der Waals surface area contributed by atoms with Gasteiger partial charge in [0.1, 0.15) is 15.6 Å². The fraction of sp³-hybridized carbons (Fsp3) is 0.625. The Morgan fingerprint density at radius 1 is 1.24 bits per heavy atom. The molecule has 0 spiro atoms. The van der Waals surface area contributed by atoms with Gasteiger partial charge in [0.2, 0.25) is 0 Å². The summed E-state index contributed by atoms with van der Waals surface area (Å²) in [5, 5.41) is 3.16. The molecule has 0 aromatic heterocycles. The summed E-state index contributed by atoms with van der Waals surface area (Å²) in [4.78, 5) is 0. The molecule has 0 aliphatic rings. The van der Waals surface area contributed by atoms with Crippen molar-refractivity contribution >= 4 is 9.84 Å². The molecule has 0 bridgehead atoms. The molecule has 1 aromatic rings. The average molecular weight is 313 g/mol. The monoisotopic (exact) mass is 313 g/mol. The lowest BCUT2D eigenvalue weighted by Gasteiger charge is -2.18. The Hall–Kier alpha value is -1.07. The molecule has 4 nitrogen and oxygen atoms in total. The van der Waals surface area contributed by atoms with E-state index in [0.717, 1.165) is 24.3 Å². The van der Waals surface area contributed by atoms with Crippen LogP contribution in [-0.4, -0.2) is 40.6 Å². The minimum Gasteiger partial charge on any atom is -0.496 e. The van der Waals surface area contributed by atoms with Crippen molar-refractivity contribution in [2.75, 3.05) is 32.2 Å². The highest BCUT2D eigenvalue weighted by Gasteiger charge is 2.16. The van der Waals surface area contributed by atoms with Crippen molar-refractivity contribution in [2.24, 2.45) is 5.92 Å². The summed E-state index contributed by atoms with van der Waals surface area (Å²) >= 11 is 0. The van der Waals surface area contributed by atoms with Crippen LogP contribution in [0.1, 0.15) is 25.3 Å². The number of nitrogens with one attached hydrogen (secondary N) is 1. The van der Waals surface area contributed by atoms with Crippen molar-refractivity contribution < 1.29 is 13.2 Å². The van der Waals surface area contributed by atoms with Crippen LogP contribution in [0.3, 0.4) is 0 Å². The summed E-state index contributed by atoms with van der Waals surface area (Å²) in [6, 6.07) is 7.92. The van der Waals surface area contributed by atoms with Gasteiger partial charge in [0, 0.05) is 5.75 Å². The molecule has 0 saturated carbocycles. The highest BCUT2D eigenvalue weighted by molar-refractivity contribution is 7.91. The van der Waals surface area contributed by atoms with Crippen molar-refractivity contribution in [1.82, 2.24) is 5.32 Å². The summed E-state index contributed by atoms with van der Waals surface area (Å²) in [7, 11) is 0.651. The Balaban J connectivity index is 2.69. The molecule has 0 saturated heterocycles. The zero-order chi connectivity index (χ0) is 15.7. The first kappa shape index (κ1) is 18.0. The van der Waals surface area contributed by atoms with Gasteiger partial charge in [0.05, 0.1) is 12.9 Å². The molecule has 1 rings (SSSR count). The van der Waals surface area contributed by atoms with Crippen molar-refractivity contribution in [1.29, 1.82) is 0 Å². The number of ether oxygens (including phenoxy) is 1. The summed E-state index contributed by atoms with van der Waals surface area (Å²) in [5.41, 5.74) is 1.13. The first-order chi connectivity index (χ1) is 10.0. The Morgan fingerprint density at radius 2 is 1.95 bits per heavy atom. The minimum atomic E-state index is -2.91. The molecular weight excluding hydrogens is 286 g/mol. The van der Waals surface area contributed by atoms with E-state index in [4.69, 9.17) is 4.74 Å². The second kappa shape index (κ2) is 9.05. The van der Waals surface area contributed by atoms with Gasteiger partial charge in [-0.15, -0.1) is 0 Å². The number of hydrogen-bond acceptors (Lipinski definition) is 4. The fourth-order valence-electron chi connectivity index (χ4n) is 2.51. The molecule has 1 atom stereocenters. The van der Waals surface area contributed by atoms with E-state index in [0.29, 0.717) is 12.8 Å². The van der Waals surface area contributed by atoms with Crippen LogP contribution in [-0.2, 0) is 16.3 Å². The molecule has 0 radical (unpaired) electrons. The summed E-state index contributed by atoms with van der Waals surface area (Å²) in [6.45, 7) is 2.71. The molecule has 5 heteroatoms. The van der Waals surface area contributed by atoms with Crippen LogP contribution in [0.5, 0.6) is 5.75 Å². The van der Waals surface area contributed by atoms with Crippen molar-refractivity contribution in [3.8, 4) is 5.75 Å². The van der Waals surface area contributed by atoms with Crippen LogP contribution in [0, 0.1) is 5.92 Å². The van der Waals surface area contributed by atoms with Gasteiger partial charge in [-0.2, -0.15) is 0 Å². The lowest BCUT2D eigenvalue weighted by Crippen LogP contribution is -2.24. The molecule has 0 heterocycles. The minimum absolute atomic E-state index is 0.266. The zero-order valence-electron chi connectivity index (χ0n) is 13.3. The van der Waals surface area contributed by atoms with Crippen LogP contribution in [0.25, 0.3) is 0 Å². The first-order valence-electron chi connectivity index (χ1n) is 7.49. The number of sulfone groups is 1. The number of methoxy groups -OCH3 is 1. The molecule has 1 aromatic carbocycles. The summed E-state index contributed by atoms with van der Waals surface area (Å²) in [6.07, 6.45) is 2.19. The topological polar surface area (TPSA) is 55.4 Å². The van der Waals surface area contributed by atoms with Gasteiger partial charge in [-0.25, -0.2) is 8.42 Å². The van der Waals surface area contributed by atoms with Crippen LogP contribution >= 0.6 is 0 Å². The maximum Gasteiger partial charge on any atom is 0.150 e. The zero-order valence-corrected chi connectivity index (χ0v) is 14.1. The second-order valence-electron chi connectivity index (χ2n) is 5.38. The molecular formula is C16H27NO3S. The van der Waals surface area contributed by atoms with Crippen LogP contribution in [0.15, 0.2) is 24.3 Å². The van der Waals surface area contributed by atoms with Crippen LogP contribution in [0.4, 0.5) is 0 Å². The van der Waals surface area contributed by atoms with Gasteiger partial charge in [-0.05, 0) is 50.4 Å². The third kappa shape index (κ3) is 6.48. The van der Waals surface area contributed by atoms with Gasteiger partial charge in [0.25, 0.3) is 0 Å². The van der Waals surface area contributed by atoms with Gasteiger partial charge in [-0.1, -0.05) is 25.1 Å². The lowest BCUT2D eigenvalue weighted by molar-refractivity contribution is 0.400. The number of hydrogen-bond donors (Lipinski definition) is 1.